The van der Waals surface area contributed by atoms with Gasteiger partial charge < -0.3 is 26.0 Å². The highest BCUT2D eigenvalue weighted by Gasteiger charge is 2.24. The number of rotatable bonds is 5. The molecule has 2 aromatic carbocycles. The number of halogens is 1. The molecule has 0 bridgehead atoms. The normalized spacial score (nSPS) is 14.5. The summed E-state index contributed by atoms with van der Waals surface area (Å²) in [6.45, 7) is 0. The minimum atomic E-state index is -0.551. The van der Waals surface area contributed by atoms with E-state index in [2.05, 4.69) is 31.2 Å². The number of carbonyl (C=O) groups is 1. The number of fused-ring (bicyclic) bond motifs is 1. The molecule has 4 rings (SSSR count). The van der Waals surface area contributed by atoms with Crippen LogP contribution < -0.4 is 26.0 Å². The molecule has 0 fully saturated rings. The molecule has 1 atom stereocenters. The zero-order valence-electron chi connectivity index (χ0n) is 15.6. The van der Waals surface area contributed by atoms with Crippen LogP contribution in [0, 0.1) is 5.82 Å². The molecule has 2 amide bonds. The summed E-state index contributed by atoms with van der Waals surface area (Å²) in [5.74, 6) is 0.477. The van der Waals surface area contributed by atoms with Gasteiger partial charge in [0.05, 0.1) is 6.20 Å². The van der Waals surface area contributed by atoms with Crippen LogP contribution in [0.2, 0.25) is 0 Å². The van der Waals surface area contributed by atoms with Crippen molar-refractivity contribution in [1.29, 1.82) is 0 Å². The average Bonchev–Trinajstić information content (AvgIpc) is 3.12. The maximum atomic E-state index is 14.1. The van der Waals surface area contributed by atoms with Gasteiger partial charge in [0.1, 0.15) is 5.75 Å². The van der Waals surface area contributed by atoms with Crippen LogP contribution in [0.3, 0.4) is 0 Å². The summed E-state index contributed by atoms with van der Waals surface area (Å²) < 4.78 is 19.8. The maximum absolute atomic E-state index is 14.1. The number of hydrogen-bond donors (Lipinski definition) is 4. The Morgan fingerprint density at radius 1 is 1.14 bits per heavy atom. The highest BCUT2D eigenvalue weighted by Crippen LogP contribution is 2.31. The van der Waals surface area contributed by atoms with E-state index in [1.54, 1.807) is 19.2 Å². The Morgan fingerprint density at radius 3 is 2.76 bits per heavy atom. The number of nitrogens with one attached hydrogen (secondary N) is 4. The van der Waals surface area contributed by atoms with Crippen LogP contribution in [0.25, 0.3) is 0 Å². The predicted molar refractivity (Wildman–Crippen MR) is 107 cm³/mol. The molecule has 2 heterocycles. The van der Waals surface area contributed by atoms with Crippen LogP contribution in [0.4, 0.5) is 32.3 Å². The number of carbonyl (C=O) groups excluding carboxylic acids is 1. The average molecular weight is 394 g/mol. The van der Waals surface area contributed by atoms with Crippen LogP contribution in [0.1, 0.15) is 5.56 Å². The van der Waals surface area contributed by atoms with E-state index in [9.17, 15) is 9.18 Å². The topological polar surface area (TPSA) is 100 Å². The first-order valence-electron chi connectivity index (χ1n) is 9.00. The lowest BCUT2D eigenvalue weighted by molar-refractivity contribution is 0.184. The van der Waals surface area contributed by atoms with Crippen molar-refractivity contribution in [1.82, 2.24) is 20.6 Å². The Hall–Kier alpha value is -3.88. The van der Waals surface area contributed by atoms with Crippen LogP contribution in [0.15, 0.2) is 54.7 Å². The Kier molecular flexibility index (Phi) is 5.10. The van der Waals surface area contributed by atoms with Gasteiger partial charge in [-0.2, -0.15) is 4.98 Å². The van der Waals surface area contributed by atoms with Crippen LogP contribution in [-0.4, -0.2) is 29.3 Å². The first-order valence-corrected chi connectivity index (χ1v) is 9.00. The van der Waals surface area contributed by atoms with Crippen molar-refractivity contribution in [3.63, 3.8) is 0 Å². The first-order chi connectivity index (χ1) is 14.1. The lowest BCUT2D eigenvalue weighted by Crippen LogP contribution is -2.42. The van der Waals surface area contributed by atoms with Crippen molar-refractivity contribution < 1.29 is 13.9 Å². The second-order valence-corrected chi connectivity index (χ2v) is 6.36. The Balaban J connectivity index is 1.47. The molecule has 0 saturated carbocycles. The summed E-state index contributed by atoms with van der Waals surface area (Å²) in [5.41, 5.74) is 2.38. The minimum absolute atomic E-state index is 0.0769. The Labute approximate surface area is 166 Å². The highest BCUT2D eigenvalue weighted by molar-refractivity contribution is 5.74. The van der Waals surface area contributed by atoms with Gasteiger partial charge in [0, 0.05) is 30.4 Å². The van der Waals surface area contributed by atoms with Gasteiger partial charge in [-0.1, -0.05) is 18.2 Å². The lowest BCUT2D eigenvalue weighted by Gasteiger charge is -2.11. The Bertz CT molecular complexity index is 1030. The number of urea groups is 1. The molecule has 3 aromatic rings. The summed E-state index contributed by atoms with van der Waals surface area (Å²) in [6, 6.07) is 14.4. The van der Waals surface area contributed by atoms with E-state index in [4.69, 9.17) is 4.74 Å². The zero-order valence-corrected chi connectivity index (χ0v) is 15.6. The molecule has 0 saturated heterocycles. The van der Waals surface area contributed by atoms with Gasteiger partial charge in [0.2, 0.25) is 5.95 Å². The van der Waals surface area contributed by atoms with Gasteiger partial charge in [0.25, 0.3) is 0 Å². The summed E-state index contributed by atoms with van der Waals surface area (Å²) >= 11 is 0. The number of benzene rings is 2. The molecule has 0 aliphatic carbocycles. The van der Waals surface area contributed by atoms with Crippen LogP contribution in [-0.2, 0) is 6.42 Å². The van der Waals surface area contributed by atoms with E-state index in [1.807, 2.05) is 36.4 Å². The van der Waals surface area contributed by atoms with Gasteiger partial charge in [0.15, 0.2) is 17.9 Å². The fourth-order valence-corrected chi connectivity index (χ4v) is 2.93. The molecule has 0 radical (unpaired) electrons. The van der Waals surface area contributed by atoms with Crippen LogP contribution in [0.5, 0.6) is 5.75 Å². The van der Waals surface area contributed by atoms with E-state index in [0.29, 0.717) is 12.2 Å². The Morgan fingerprint density at radius 2 is 1.97 bits per heavy atom. The fourth-order valence-electron chi connectivity index (χ4n) is 2.93. The SMILES string of the molecule is CNC(=O)NC1Cc2cc(Nc3ncc(F)c(Nc4ccccc4)n3)ccc2O1. The molecule has 1 aromatic heterocycles. The van der Waals surface area contributed by atoms with Crippen LogP contribution >= 0.6 is 0 Å². The first kappa shape index (κ1) is 18.5. The van der Waals surface area contributed by atoms with E-state index < -0.39 is 12.0 Å². The maximum Gasteiger partial charge on any atom is 0.317 e. The molecule has 4 N–H and O–H groups in total. The van der Waals surface area contributed by atoms with E-state index >= 15 is 0 Å². The predicted octanol–water partition coefficient (Wildman–Crippen LogP) is 3.29. The fraction of sp³-hybridized carbons (Fsp3) is 0.150. The lowest BCUT2D eigenvalue weighted by atomic mass is 10.1. The number of para-hydroxylation sites is 1. The third-order valence-corrected chi connectivity index (χ3v) is 4.29. The largest absolute Gasteiger partial charge is 0.470 e. The second kappa shape index (κ2) is 8.01. The number of hydrogen-bond acceptors (Lipinski definition) is 6. The van der Waals surface area contributed by atoms with Gasteiger partial charge >= 0.3 is 6.03 Å². The van der Waals surface area contributed by atoms with Gasteiger partial charge in [-0.3, -0.25) is 0 Å². The molecule has 0 spiro atoms. The number of nitrogens with zero attached hydrogens (tertiary/aromatic N) is 2. The van der Waals surface area contributed by atoms with Crippen molar-refractivity contribution in [3.05, 3.63) is 66.1 Å². The summed E-state index contributed by atoms with van der Waals surface area (Å²) in [7, 11) is 1.54. The molecule has 1 aliphatic rings. The third kappa shape index (κ3) is 4.34. The molecule has 8 nitrogen and oxygen atoms in total. The molecule has 1 unspecified atom stereocenters. The van der Waals surface area contributed by atoms with Gasteiger partial charge in [-0.15, -0.1) is 0 Å². The van der Waals surface area contributed by atoms with Gasteiger partial charge in [-0.25, -0.2) is 14.2 Å². The van der Waals surface area contributed by atoms with E-state index in [1.165, 1.54) is 0 Å². The molecule has 9 heteroatoms. The summed E-state index contributed by atoms with van der Waals surface area (Å²) in [6.07, 6.45) is 1.22. The third-order valence-electron chi connectivity index (χ3n) is 4.29. The number of aromatic nitrogens is 2. The van der Waals surface area contributed by atoms with Crippen molar-refractivity contribution in [2.24, 2.45) is 0 Å². The second-order valence-electron chi connectivity index (χ2n) is 6.36. The molecular formula is C20H19FN6O2. The van der Waals surface area contributed by atoms with Crippen molar-refractivity contribution in [3.8, 4) is 5.75 Å². The molecule has 148 valence electrons. The molecule has 1 aliphatic heterocycles. The standard InChI is InChI=1S/C20H19FN6O2/c1-22-20(28)26-17-10-12-9-14(7-8-16(12)29-17)25-19-23-11-15(21)18(27-19)24-13-5-3-2-4-6-13/h2-9,11,17H,10H2,1H3,(H2,22,26,28)(H2,23,24,25,27). The molecule has 29 heavy (non-hydrogen) atoms. The van der Waals surface area contributed by atoms with E-state index in [0.717, 1.165) is 23.1 Å². The summed E-state index contributed by atoms with van der Waals surface area (Å²) in [5, 5.41) is 11.2. The highest BCUT2D eigenvalue weighted by atomic mass is 19.1. The van der Waals surface area contributed by atoms with E-state index in [-0.39, 0.29) is 17.8 Å². The minimum Gasteiger partial charge on any atom is -0.470 e. The van der Waals surface area contributed by atoms with Gasteiger partial charge in [-0.05, 0) is 30.3 Å². The number of amides is 2. The van der Waals surface area contributed by atoms with Crippen molar-refractivity contribution in [2.45, 2.75) is 12.6 Å². The quantitative estimate of drug-likeness (QED) is 0.530. The summed E-state index contributed by atoms with van der Waals surface area (Å²) in [4.78, 5) is 19.7. The zero-order chi connectivity index (χ0) is 20.2. The smallest absolute Gasteiger partial charge is 0.317 e. The van der Waals surface area contributed by atoms with Crippen molar-refractivity contribution >= 4 is 29.2 Å². The monoisotopic (exact) mass is 394 g/mol. The number of ether oxygens (including phenoxy) is 1. The number of anilines is 4. The molecular weight excluding hydrogens is 375 g/mol. The van der Waals surface area contributed by atoms with Crippen molar-refractivity contribution in [2.75, 3.05) is 17.7 Å².